The first-order valence-corrected chi connectivity index (χ1v) is 14.2. The van der Waals surface area contributed by atoms with E-state index in [4.69, 9.17) is 24.0 Å². The lowest BCUT2D eigenvalue weighted by molar-refractivity contribution is -0.123. The molecule has 13 heteroatoms. The molecule has 41 heavy (non-hydrogen) atoms. The van der Waals surface area contributed by atoms with Crippen molar-refractivity contribution in [3.63, 3.8) is 0 Å². The van der Waals surface area contributed by atoms with Gasteiger partial charge in [-0.25, -0.2) is 4.79 Å². The highest BCUT2D eigenvalue weighted by Crippen LogP contribution is 2.59. The zero-order valence-corrected chi connectivity index (χ0v) is 23.1. The van der Waals surface area contributed by atoms with Crippen molar-refractivity contribution in [3.8, 4) is 11.5 Å². The molecular formula is C28H31F2N2O8P. The van der Waals surface area contributed by atoms with Crippen LogP contribution in [-0.2, 0) is 32.8 Å². The molecular weight excluding hydrogens is 561 g/mol. The van der Waals surface area contributed by atoms with Crippen LogP contribution in [0.1, 0.15) is 23.1 Å². The van der Waals surface area contributed by atoms with Crippen LogP contribution in [0, 0.1) is 0 Å². The molecule has 10 nitrogen and oxygen atoms in total. The topological polar surface area (TPSA) is 143 Å². The first-order chi connectivity index (χ1) is 19.5. The number of hydrogen-bond donors (Lipinski definition) is 4. The average Bonchev–Trinajstić information content (AvgIpc) is 2.96. The number of alkyl halides is 2. The Hall–Kier alpha value is -3.99. The average molecular weight is 593 g/mol. The molecule has 0 bridgehead atoms. The molecule has 0 saturated heterocycles. The van der Waals surface area contributed by atoms with Crippen molar-refractivity contribution in [1.29, 1.82) is 0 Å². The lowest BCUT2D eigenvalue weighted by Gasteiger charge is -2.20. The molecule has 3 aromatic rings. The van der Waals surface area contributed by atoms with Gasteiger partial charge in [0.1, 0.15) is 24.1 Å². The third-order valence-electron chi connectivity index (χ3n) is 5.88. The largest absolute Gasteiger partial charge is 0.497 e. The van der Waals surface area contributed by atoms with Crippen molar-refractivity contribution in [2.24, 2.45) is 0 Å². The number of ether oxygens (including phenoxy) is 3. The van der Waals surface area contributed by atoms with Gasteiger partial charge in [0.25, 0.3) is 0 Å². The molecule has 0 aliphatic carbocycles. The number of alkyl carbamates (subject to hydrolysis) is 1. The van der Waals surface area contributed by atoms with Gasteiger partial charge in [0, 0.05) is 18.5 Å². The quantitative estimate of drug-likeness (QED) is 0.160. The second-order valence-corrected chi connectivity index (χ2v) is 10.6. The summed E-state index contributed by atoms with van der Waals surface area (Å²) in [5, 5.41) is 5.20. The van der Waals surface area contributed by atoms with Crippen LogP contribution in [0.3, 0.4) is 0 Å². The van der Waals surface area contributed by atoms with Gasteiger partial charge in [-0.05, 0) is 41.8 Å². The number of nitrogens with one attached hydrogen (secondary N) is 2. The van der Waals surface area contributed by atoms with Gasteiger partial charge in [-0.3, -0.25) is 9.36 Å². The van der Waals surface area contributed by atoms with Crippen molar-refractivity contribution in [3.05, 3.63) is 95.6 Å². The first-order valence-electron chi connectivity index (χ1n) is 12.5. The normalized spacial score (nSPS) is 12.2. The third-order valence-corrected chi connectivity index (χ3v) is 6.87. The Bertz CT molecular complexity index is 1320. The molecule has 0 spiro atoms. The Balaban J connectivity index is 1.60. The number of hydrogen-bond acceptors (Lipinski definition) is 6. The number of benzene rings is 3. The summed E-state index contributed by atoms with van der Waals surface area (Å²) in [4.78, 5) is 43.3. The van der Waals surface area contributed by atoms with Gasteiger partial charge in [-0.2, -0.15) is 8.78 Å². The number of carbonyl (C=O) groups is 2. The zero-order valence-electron chi connectivity index (χ0n) is 22.2. The van der Waals surface area contributed by atoms with Crippen molar-refractivity contribution in [2.75, 3.05) is 20.3 Å². The minimum absolute atomic E-state index is 0.0319. The Morgan fingerprint density at radius 3 is 2.17 bits per heavy atom. The number of halogens is 2. The van der Waals surface area contributed by atoms with Crippen LogP contribution in [0.25, 0.3) is 0 Å². The summed E-state index contributed by atoms with van der Waals surface area (Å²) in [6, 6.07) is 18.9. The van der Waals surface area contributed by atoms with Crippen molar-refractivity contribution < 1.29 is 46.9 Å². The summed E-state index contributed by atoms with van der Waals surface area (Å²) >= 11 is 0. The van der Waals surface area contributed by atoms with E-state index in [0.29, 0.717) is 30.1 Å². The minimum Gasteiger partial charge on any atom is -0.497 e. The molecule has 0 saturated carbocycles. The molecule has 3 rings (SSSR count). The van der Waals surface area contributed by atoms with Gasteiger partial charge in [0.05, 0.1) is 13.7 Å². The number of rotatable bonds is 14. The van der Waals surface area contributed by atoms with E-state index in [1.807, 2.05) is 6.07 Å². The predicted molar refractivity (Wildman–Crippen MR) is 146 cm³/mol. The van der Waals surface area contributed by atoms with Gasteiger partial charge < -0.3 is 34.6 Å². The highest BCUT2D eigenvalue weighted by Gasteiger charge is 2.50. The maximum absolute atomic E-state index is 14.0. The van der Waals surface area contributed by atoms with E-state index >= 15 is 0 Å². The molecule has 0 aliphatic heterocycles. The van der Waals surface area contributed by atoms with E-state index < -0.39 is 36.9 Å². The SMILES string of the molecule is COc1ccc(OCCCNC(=O)C(Cc2ccc(C(F)(F)P(=O)(O)O)cc2)NC(=O)OCc2ccccc2)cc1. The molecule has 0 aliphatic rings. The van der Waals surface area contributed by atoms with Gasteiger partial charge in [0.2, 0.25) is 5.91 Å². The van der Waals surface area contributed by atoms with Crippen LogP contribution in [0.15, 0.2) is 78.9 Å². The fourth-order valence-corrected chi connectivity index (χ4v) is 4.12. The van der Waals surface area contributed by atoms with Gasteiger partial charge in [-0.15, -0.1) is 0 Å². The van der Waals surface area contributed by atoms with E-state index in [-0.39, 0.29) is 19.6 Å². The molecule has 0 fully saturated rings. The lowest BCUT2D eigenvalue weighted by atomic mass is 10.0. The standard InChI is InChI=1S/C28H31F2N2O8P/c1-38-23-12-14-24(15-13-23)39-17-5-16-31-26(33)25(32-27(34)40-19-21-6-3-2-4-7-21)18-20-8-10-22(11-9-20)28(29,30)41(35,36)37/h2-4,6-15,25H,5,16-19H2,1H3,(H,31,33)(H,32,34)(H2,35,36,37). The fourth-order valence-electron chi connectivity index (χ4n) is 3.63. The molecule has 1 unspecified atom stereocenters. The highest BCUT2D eigenvalue weighted by molar-refractivity contribution is 7.52. The Labute approximate surface area is 235 Å². The molecule has 220 valence electrons. The fraction of sp³-hybridized carbons (Fsp3) is 0.286. The van der Waals surface area contributed by atoms with E-state index in [1.54, 1.807) is 55.6 Å². The summed E-state index contributed by atoms with van der Waals surface area (Å²) in [5.74, 6) is 0.775. The molecule has 1 atom stereocenters. The summed E-state index contributed by atoms with van der Waals surface area (Å²) in [7, 11) is -4.17. The first kappa shape index (κ1) is 31.5. The van der Waals surface area contributed by atoms with E-state index in [1.165, 1.54) is 12.1 Å². The van der Waals surface area contributed by atoms with Crippen LogP contribution in [-0.4, -0.2) is 48.1 Å². The summed E-state index contributed by atoms with van der Waals surface area (Å²) in [6.45, 7) is 0.495. The van der Waals surface area contributed by atoms with Crippen molar-refractivity contribution in [2.45, 2.75) is 31.2 Å². The third kappa shape index (κ3) is 9.56. The van der Waals surface area contributed by atoms with E-state index in [2.05, 4.69) is 10.6 Å². The maximum atomic E-state index is 14.0. The number of carbonyl (C=O) groups excluding carboxylic acids is 2. The van der Waals surface area contributed by atoms with Crippen LogP contribution in [0.4, 0.5) is 13.6 Å². The zero-order chi connectivity index (χ0) is 29.9. The Morgan fingerprint density at radius 1 is 0.927 bits per heavy atom. The van der Waals surface area contributed by atoms with E-state index in [9.17, 15) is 22.9 Å². The monoisotopic (exact) mass is 592 g/mol. The number of amides is 2. The van der Waals surface area contributed by atoms with Crippen molar-refractivity contribution in [1.82, 2.24) is 10.6 Å². The van der Waals surface area contributed by atoms with Crippen LogP contribution in [0.5, 0.6) is 11.5 Å². The molecule has 0 aromatic heterocycles. The second-order valence-electron chi connectivity index (χ2n) is 8.91. The molecule has 3 aromatic carbocycles. The predicted octanol–water partition coefficient (Wildman–Crippen LogP) is 4.35. The lowest BCUT2D eigenvalue weighted by Crippen LogP contribution is -2.48. The minimum atomic E-state index is -5.73. The van der Waals surface area contributed by atoms with Crippen molar-refractivity contribution >= 4 is 19.6 Å². The van der Waals surface area contributed by atoms with E-state index in [0.717, 1.165) is 17.7 Å². The number of methoxy groups -OCH3 is 1. The van der Waals surface area contributed by atoms with Crippen LogP contribution < -0.4 is 20.1 Å². The second kappa shape index (κ2) is 14.6. The summed E-state index contributed by atoms with van der Waals surface area (Å²) in [5.41, 5.74) is -4.14. The maximum Gasteiger partial charge on any atom is 0.408 e. The van der Waals surface area contributed by atoms with Crippen LogP contribution in [0.2, 0.25) is 0 Å². The van der Waals surface area contributed by atoms with Gasteiger partial charge >= 0.3 is 19.4 Å². The highest BCUT2D eigenvalue weighted by atomic mass is 31.2. The Kier molecular flexibility index (Phi) is 11.2. The summed E-state index contributed by atoms with van der Waals surface area (Å²) < 4.78 is 55.1. The molecule has 4 N–H and O–H groups in total. The van der Waals surface area contributed by atoms with Crippen LogP contribution >= 0.6 is 7.60 Å². The van der Waals surface area contributed by atoms with Gasteiger partial charge in [0.15, 0.2) is 0 Å². The summed E-state index contributed by atoms with van der Waals surface area (Å²) in [6.07, 6.45) is -0.507. The smallest absolute Gasteiger partial charge is 0.408 e. The molecule has 0 heterocycles. The Morgan fingerprint density at radius 2 is 1.56 bits per heavy atom. The van der Waals surface area contributed by atoms with Gasteiger partial charge in [-0.1, -0.05) is 54.6 Å². The molecule has 2 amide bonds. The molecule has 0 radical (unpaired) electrons.